The number of ether oxygens (including phenoxy) is 1. The topological polar surface area (TPSA) is 64.1 Å². The average Bonchev–Trinajstić information content (AvgIpc) is 3.09. The van der Waals surface area contributed by atoms with E-state index in [1.54, 1.807) is 6.20 Å². The quantitative estimate of drug-likeness (QED) is 0.943. The summed E-state index contributed by atoms with van der Waals surface area (Å²) >= 11 is 1.44. The Hall–Kier alpha value is -1.79. The Kier molecular flexibility index (Phi) is 3.75. The number of aromatic nitrogens is 2. The van der Waals surface area contributed by atoms with Crippen LogP contribution in [0, 0.1) is 6.92 Å². The van der Waals surface area contributed by atoms with Crippen molar-refractivity contribution in [3.63, 3.8) is 0 Å². The molecule has 3 rings (SSSR count). The number of aryl methyl sites for hydroxylation is 1. The first-order valence-electron chi connectivity index (χ1n) is 6.55. The zero-order valence-electron chi connectivity index (χ0n) is 11.1. The zero-order chi connectivity index (χ0) is 13.9. The molecule has 1 aliphatic heterocycles. The van der Waals surface area contributed by atoms with Gasteiger partial charge in [0.1, 0.15) is 6.10 Å². The molecule has 3 heterocycles. The summed E-state index contributed by atoms with van der Waals surface area (Å²) in [6.45, 7) is 2.58. The summed E-state index contributed by atoms with van der Waals surface area (Å²) < 4.78 is 5.36. The van der Waals surface area contributed by atoms with Crippen LogP contribution in [0.5, 0.6) is 0 Å². The minimum absolute atomic E-state index is 0.108. The molecule has 1 unspecified atom stereocenters. The summed E-state index contributed by atoms with van der Waals surface area (Å²) in [6, 6.07) is 5.75. The summed E-state index contributed by atoms with van der Waals surface area (Å²) in [5.74, 6) is -0.108. The van der Waals surface area contributed by atoms with E-state index in [-0.39, 0.29) is 12.0 Å². The average molecular weight is 289 g/mol. The van der Waals surface area contributed by atoms with Crippen LogP contribution >= 0.6 is 11.3 Å². The molecule has 0 saturated carbocycles. The van der Waals surface area contributed by atoms with Gasteiger partial charge in [-0.1, -0.05) is 17.4 Å². The van der Waals surface area contributed by atoms with Gasteiger partial charge in [-0.15, -0.1) is 0 Å². The van der Waals surface area contributed by atoms with E-state index in [1.165, 1.54) is 11.3 Å². The number of amides is 1. The minimum Gasteiger partial charge on any atom is -0.368 e. The van der Waals surface area contributed by atoms with Gasteiger partial charge >= 0.3 is 0 Å². The normalized spacial score (nSPS) is 18.1. The lowest BCUT2D eigenvalue weighted by Crippen LogP contribution is -2.26. The molecule has 104 valence electrons. The van der Waals surface area contributed by atoms with Crippen LogP contribution in [0.1, 0.15) is 18.5 Å². The van der Waals surface area contributed by atoms with Gasteiger partial charge in [-0.05, 0) is 31.9 Å². The Morgan fingerprint density at radius 3 is 3.10 bits per heavy atom. The molecular weight excluding hydrogens is 274 g/mol. The van der Waals surface area contributed by atoms with E-state index in [4.69, 9.17) is 4.74 Å². The van der Waals surface area contributed by atoms with Crippen LogP contribution in [-0.2, 0) is 9.53 Å². The fourth-order valence-electron chi connectivity index (χ4n) is 2.15. The first-order valence-corrected chi connectivity index (χ1v) is 7.37. The molecule has 2 aromatic rings. The summed E-state index contributed by atoms with van der Waals surface area (Å²) in [4.78, 5) is 21.7. The third-order valence-corrected chi connectivity index (χ3v) is 4.24. The lowest BCUT2D eigenvalue weighted by atomic mass is 10.2. The van der Waals surface area contributed by atoms with Crippen LogP contribution in [0.2, 0.25) is 0 Å². The molecule has 5 nitrogen and oxygen atoms in total. The molecule has 0 aromatic carbocycles. The van der Waals surface area contributed by atoms with Gasteiger partial charge < -0.3 is 4.74 Å². The number of hydrogen-bond donors (Lipinski definition) is 1. The number of nitrogens with zero attached hydrogens (tertiary/aromatic N) is 2. The van der Waals surface area contributed by atoms with Crippen LogP contribution in [0.25, 0.3) is 10.6 Å². The van der Waals surface area contributed by atoms with Crippen LogP contribution in [0.3, 0.4) is 0 Å². The van der Waals surface area contributed by atoms with Gasteiger partial charge in [0.2, 0.25) is 0 Å². The van der Waals surface area contributed by atoms with Gasteiger partial charge in [-0.25, -0.2) is 4.98 Å². The second kappa shape index (κ2) is 5.68. The summed E-state index contributed by atoms with van der Waals surface area (Å²) in [5, 5.41) is 3.43. The molecule has 0 spiro atoms. The van der Waals surface area contributed by atoms with Crippen LogP contribution in [-0.4, -0.2) is 28.6 Å². The maximum atomic E-state index is 12.0. The number of nitrogens with one attached hydrogen (secondary N) is 1. The molecule has 2 aromatic heterocycles. The van der Waals surface area contributed by atoms with E-state index in [2.05, 4.69) is 15.3 Å². The number of carbonyl (C=O) groups is 1. The van der Waals surface area contributed by atoms with Gasteiger partial charge in [-0.2, -0.15) is 0 Å². The number of carbonyl (C=O) groups excluding carboxylic acids is 1. The molecule has 0 radical (unpaired) electrons. The van der Waals surface area contributed by atoms with Crippen molar-refractivity contribution >= 4 is 22.4 Å². The van der Waals surface area contributed by atoms with E-state index in [0.29, 0.717) is 11.7 Å². The second-order valence-corrected chi connectivity index (χ2v) is 5.64. The Morgan fingerprint density at radius 2 is 2.40 bits per heavy atom. The van der Waals surface area contributed by atoms with Crippen LogP contribution < -0.4 is 5.32 Å². The fraction of sp³-hybridized carbons (Fsp3) is 0.357. The molecule has 1 N–H and O–H groups in total. The van der Waals surface area contributed by atoms with Crippen molar-refractivity contribution in [1.82, 2.24) is 9.97 Å². The zero-order valence-corrected chi connectivity index (χ0v) is 11.9. The molecule has 1 saturated heterocycles. The maximum Gasteiger partial charge on any atom is 0.255 e. The molecule has 1 atom stereocenters. The number of rotatable bonds is 3. The number of thiazole rings is 1. The number of pyridine rings is 1. The maximum absolute atomic E-state index is 12.0. The largest absolute Gasteiger partial charge is 0.368 e. The lowest BCUT2D eigenvalue weighted by molar-refractivity contribution is -0.124. The molecule has 0 bridgehead atoms. The van der Waals surface area contributed by atoms with Crippen molar-refractivity contribution in [3.05, 3.63) is 30.1 Å². The molecule has 1 aliphatic rings. The highest BCUT2D eigenvalue weighted by Gasteiger charge is 2.24. The third-order valence-electron chi connectivity index (χ3n) is 3.15. The Labute approximate surface area is 121 Å². The molecule has 20 heavy (non-hydrogen) atoms. The molecule has 6 heteroatoms. The van der Waals surface area contributed by atoms with E-state index in [0.717, 1.165) is 29.1 Å². The Bertz CT molecular complexity index is 606. The highest BCUT2D eigenvalue weighted by molar-refractivity contribution is 7.19. The van der Waals surface area contributed by atoms with Crippen molar-refractivity contribution in [3.8, 4) is 10.6 Å². The van der Waals surface area contributed by atoms with Crippen molar-refractivity contribution in [2.45, 2.75) is 25.9 Å². The number of anilines is 1. The van der Waals surface area contributed by atoms with Crippen molar-refractivity contribution < 1.29 is 9.53 Å². The predicted octanol–water partition coefficient (Wildman–Crippen LogP) is 2.63. The molecule has 0 aliphatic carbocycles. The molecule has 1 amide bonds. The highest BCUT2D eigenvalue weighted by Crippen LogP contribution is 2.31. The van der Waals surface area contributed by atoms with Crippen molar-refractivity contribution in [2.75, 3.05) is 11.9 Å². The van der Waals surface area contributed by atoms with E-state index in [9.17, 15) is 4.79 Å². The minimum atomic E-state index is -0.336. The number of hydrogen-bond acceptors (Lipinski definition) is 5. The van der Waals surface area contributed by atoms with E-state index < -0.39 is 0 Å². The predicted molar refractivity (Wildman–Crippen MR) is 77.7 cm³/mol. The van der Waals surface area contributed by atoms with Gasteiger partial charge in [0, 0.05) is 12.8 Å². The Morgan fingerprint density at radius 1 is 1.50 bits per heavy atom. The fourth-order valence-corrected chi connectivity index (χ4v) is 3.10. The molecule has 1 fully saturated rings. The van der Waals surface area contributed by atoms with Gasteiger partial charge in [0.15, 0.2) is 5.13 Å². The van der Waals surface area contributed by atoms with E-state index >= 15 is 0 Å². The third kappa shape index (κ3) is 2.71. The first-order chi connectivity index (χ1) is 9.74. The summed E-state index contributed by atoms with van der Waals surface area (Å²) in [5.41, 5.74) is 1.75. The van der Waals surface area contributed by atoms with Crippen LogP contribution in [0.4, 0.5) is 5.13 Å². The Balaban J connectivity index is 1.77. The van der Waals surface area contributed by atoms with Gasteiger partial charge in [-0.3, -0.25) is 15.1 Å². The standard InChI is InChI=1S/C14H15N3O2S/c1-9-12(10-5-2-3-7-15-10)20-14(16-9)17-13(18)11-6-4-8-19-11/h2-3,5,7,11H,4,6,8H2,1H3,(H,16,17,18). The monoisotopic (exact) mass is 289 g/mol. The molecular formula is C14H15N3O2S. The van der Waals surface area contributed by atoms with Crippen LogP contribution in [0.15, 0.2) is 24.4 Å². The van der Waals surface area contributed by atoms with Gasteiger partial charge in [0.25, 0.3) is 5.91 Å². The first kappa shape index (κ1) is 13.2. The SMILES string of the molecule is Cc1nc(NC(=O)C2CCCO2)sc1-c1ccccn1. The van der Waals surface area contributed by atoms with Gasteiger partial charge in [0.05, 0.1) is 16.3 Å². The smallest absolute Gasteiger partial charge is 0.255 e. The lowest BCUT2D eigenvalue weighted by Gasteiger charge is -2.07. The highest BCUT2D eigenvalue weighted by atomic mass is 32.1. The summed E-state index contributed by atoms with van der Waals surface area (Å²) in [6.07, 6.45) is 3.13. The van der Waals surface area contributed by atoms with Crippen molar-refractivity contribution in [1.29, 1.82) is 0 Å². The summed E-state index contributed by atoms with van der Waals surface area (Å²) in [7, 11) is 0. The second-order valence-electron chi connectivity index (χ2n) is 4.64. The van der Waals surface area contributed by atoms with Crippen molar-refractivity contribution in [2.24, 2.45) is 0 Å². The van der Waals surface area contributed by atoms with E-state index in [1.807, 2.05) is 25.1 Å².